The third-order valence-electron chi connectivity index (χ3n) is 4.43. The zero-order chi connectivity index (χ0) is 17.9. The van der Waals surface area contributed by atoms with Crippen LogP contribution in [-0.4, -0.2) is 15.1 Å². The van der Waals surface area contributed by atoms with Crippen molar-refractivity contribution in [2.24, 2.45) is 0 Å². The second kappa shape index (κ2) is 6.84. The van der Waals surface area contributed by atoms with Gasteiger partial charge < -0.3 is 10.4 Å². The standard InChI is InChI=1S/C22H19N3O/c1-15-11-13-23-19(14-15)25-20(16-6-3-2-4-7-16)18-10-9-17-8-5-12-24-21(17)22(18)26/h2-14,20,26H,1H3,(H,23,25)/t20-/m0/s1. The number of aryl methyl sites for hydroxylation is 1. The molecule has 2 aromatic heterocycles. The summed E-state index contributed by atoms with van der Waals surface area (Å²) >= 11 is 0. The van der Waals surface area contributed by atoms with Crippen molar-refractivity contribution in [3.05, 3.63) is 95.8 Å². The fraction of sp³-hybridized carbons (Fsp3) is 0.0909. The van der Waals surface area contributed by atoms with Gasteiger partial charge in [-0.05, 0) is 36.2 Å². The van der Waals surface area contributed by atoms with Crippen molar-refractivity contribution < 1.29 is 5.11 Å². The summed E-state index contributed by atoms with van der Waals surface area (Å²) in [6.45, 7) is 2.03. The van der Waals surface area contributed by atoms with Crippen molar-refractivity contribution in [1.29, 1.82) is 0 Å². The lowest BCUT2D eigenvalue weighted by Crippen LogP contribution is -2.13. The fourth-order valence-corrected chi connectivity index (χ4v) is 3.13. The first kappa shape index (κ1) is 16.1. The summed E-state index contributed by atoms with van der Waals surface area (Å²) in [4.78, 5) is 8.76. The number of phenols is 1. The van der Waals surface area contributed by atoms with Gasteiger partial charge in [-0.2, -0.15) is 0 Å². The molecule has 4 aromatic rings. The van der Waals surface area contributed by atoms with E-state index in [2.05, 4.69) is 15.3 Å². The zero-order valence-electron chi connectivity index (χ0n) is 14.4. The molecule has 0 amide bonds. The molecule has 0 aliphatic heterocycles. The van der Waals surface area contributed by atoms with Crippen LogP contribution in [0, 0.1) is 6.92 Å². The number of nitrogens with one attached hydrogen (secondary N) is 1. The number of hydrogen-bond acceptors (Lipinski definition) is 4. The van der Waals surface area contributed by atoms with Crippen molar-refractivity contribution in [3.8, 4) is 5.75 Å². The maximum Gasteiger partial charge on any atom is 0.147 e. The Morgan fingerprint density at radius 1 is 0.885 bits per heavy atom. The molecule has 4 heteroatoms. The Morgan fingerprint density at radius 3 is 2.54 bits per heavy atom. The first-order chi connectivity index (χ1) is 12.7. The van der Waals surface area contributed by atoms with Crippen LogP contribution in [0.5, 0.6) is 5.75 Å². The van der Waals surface area contributed by atoms with Gasteiger partial charge in [-0.25, -0.2) is 4.98 Å². The molecule has 0 aliphatic rings. The number of benzene rings is 2. The summed E-state index contributed by atoms with van der Waals surface area (Å²) in [5.41, 5.74) is 3.54. The van der Waals surface area contributed by atoms with Crippen molar-refractivity contribution in [2.75, 3.05) is 5.32 Å². The Labute approximate surface area is 152 Å². The van der Waals surface area contributed by atoms with E-state index in [9.17, 15) is 5.11 Å². The first-order valence-electron chi connectivity index (χ1n) is 8.53. The van der Waals surface area contributed by atoms with Gasteiger partial charge in [0.2, 0.25) is 0 Å². The lowest BCUT2D eigenvalue weighted by molar-refractivity contribution is 0.471. The molecule has 128 valence electrons. The zero-order valence-corrected chi connectivity index (χ0v) is 14.4. The van der Waals surface area contributed by atoms with Gasteiger partial charge in [0.25, 0.3) is 0 Å². The third-order valence-corrected chi connectivity index (χ3v) is 4.43. The van der Waals surface area contributed by atoms with E-state index in [1.54, 1.807) is 12.4 Å². The summed E-state index contributed by atoms with van der Waals surface area (Å²) in [6.07, 6.45) is 3.47. The van der Waals surface area contributed by atoms with E-state index >= 15 is 0 Å². The van der Waals surface area contributed by atoms with Gasteiger partial charge in [0.05, 0.1) is 6.04 Å². The average molecular weight is 341 g/mol. The van der Waals surface area contributed by atoms with E-state index in [0.29, 0.717) is 5.52 Å². The highest BCUT2D eigenvalue weighted by Gasteiger charge is 2.20. The second-order valence-electron chi connectivity index (χ2n) is 6.28. The van der Waals surface area contributed by atoms with Crippen LogP contribution < -0.4 is 5.32 Å². The molecule has 0 fully saturated rings. The number of nitrogens with zero attached hydrogens (tertiary/aromatic N) is 2. The fourth-order valence-electron chi connectivity index (χ4n) is 3.13. The van der Waals surface area contributed by atoms with Crippen LogP contribution in [0.1, 0.15) is 22.7 Å². The smallest absolute Gasteiger partial charge is 0.147 e. The van der Waals surface area contributed by atoms with Crippen LogP contribution in [0.2, 0.25) is 0 Å². The molecule has 0 saturated heterocycles. The molecule has 2 N–H and O–H groups in total. The number of phenolic OH excluding ortho intramolecular Hbond substituents is 1. The van der Waals surface area contributed by atoms with Gasteiger partial charge in [0.1, 0.15) is 17.1 Å². The molecule has 0 saturated carbocycles. The van der Waals surface area contributed by atoms with E-state index in [0.717, 1.165) is 27.9 Å². The number of aromatic hydroxyl groups is 1. The van der Waals surface area contributed by atoms with Crippen LogP contribution >= 0.6 is 0 Å². The van der Waals surface area contributed by atoms with Crippen LogP contribution in [0.25, 0.3) is 10.9 Å². The SMILES string of the molecule is Cc1ccnc(N[C@@H](c2ccccc2)c2ccc3cccnc3c2O)c1. The van der Waals surface area contributed by atoms with E-state index in [1.165, 1.54) is 0 Å². The minimum Gasteiger partial charge on any atom is -0.505 e. The predicted molar refractivity (Wildman–Crippen MR) is 104 cm³/mol. The Hall–Kier alpha value is -3.40. The normalized spacial score (nSPS) is 12.0. The van der Waals surface area contributed by atoms with Gasteiger partial charge in [-0.15, -0.1) is 0 Å². The summed E-state index contributed by atoms with van der Waals surface area (Å²) in [5.74, 6) is 0.955. The summed E-state index contributed by atoms with van der Waals surface area (Å²) in [5, 5.41) is 15.3. The molecular weight excluding hydrogens is 322 g/mol. The van der Waals surface area contributed by atoms with Crippen LogP contribution in [0.15, 0.2) is 79.1 Å². The Morgan fingerprint density at radius 2 is 1.73 bits per heavy atom. The molecule has 26 heavy (non-hydrogen) atoms. The largest absolute Gasteiger partial charge is 0.505 e. The van der Waals surface area contributed by atoms with Gasteiger partial charge in [-0.3, -0.25) is 4.98 Å². The Kier molecular flexibility index (Phi) is 4.23. The topological polar surface area (TPSA) is 58.0 Å². The molecule has 0 aliphatic carbocycles. The number of pyridine rings is 2. The molecule has 2 aromatic carbocycles. The summed E-state index contributed by atoms with van der Waals surface area (Å²) < 4.78 is 0. The van der Waals surface area contributed by atoms with Crippen LogP contribution in [0.4, 0.5) is 5.82 Å². The molecule has 4 rings (SSSR count). The molecule has 1 atom stereocenters. The summed E-state index contributed by atoms with van der Waals surface area (Å²) in [6, 6.07) is 21.5. The molecule has 0 unspecified atom stereocenters. The van der Waals surface area contributed by atoms with Crippen molar-refractivity contribution in [3.63, 3.8) is 0 Å². The molecule has 0 radical (unpaired) electrons. The van der Waals surface area contributed by atoms with Gasteiger partial charge in [-0.1, -0.05) is 48.5 Å². The lowest BCUT2D eigenvalue weighted by Gasteiger charge is -2.22. The first-order valence-corrected chi connectivity index (χ1v) is 8.53. The average Bonchev–Trinajstić information content (AvgIpc) is 2.68. The molecule has 2 heterocycles. The monoisotopic (exact) mass is 341 g/mol. The van der Waals surface area contributed by atoms with Gasteiger partial charge in [0.15, 0.2) is 0 Å². The molecule has 4 nitrogen and oxygen atoms in total. The van der Waals surface area contributed by atoms with E-state index < -0.39 is 0 Å². The minimum absolute atomic E-state index is 0.192. The number of anilines is 1. The maximum atomic E-state index is 10.9. The highest BCUT2D eigenvalue weighted by atomic mass is 16.3. The van der Waals surface area contributed by atoms with E-state index in [4.69, 9.17) is 0 Å². The molecule has 0 spiro atoms. The van der Waals surface area contributed by atoms with Crippen LogP contribution in [-0.2, 0) is 0 Å². The second-order valence-corrected chi connectivity index (χ2v) is 6.28. The molecular formula is C22H19N3O. The Balaban J connectivity index is 1.84. The maximum absolute atomic E-state index is 10.9. The molecule has 0 bridgehead atoms. The highest BCUT2D eigenvalue weighted by molar-refractivity contribution is 5.86. The van der Waals surface area contributed by atoms with Crippen molar-refractivity contribution >= 4 is 16.7 Å². The lowest BCUT2D eigenvalue weighted by atomic mass is 9.96. The number of rotatable bonds is 4. The predicted octanol–water partition coefficient (Wildman–Crippen LogP) is 4.85. The van der Waals surface area contributed by atoms with Crippen LogP contribution in [0.3, 0.4) is 0 Å². The van der Waals surface area contributed by atoms with E-state index in [1.807, 2.05) is 73.7 Å². The highest BCUT2D eigenvalue weighted by Crippen LogP contribution is 2.36. The summed E-state index contributed by atoms with van der Waals surface area (Å²) in [7, 11) is 0. The number of hydrogen-bond donors (Lipinski definition) is 2. The van der Waals surface area contributed by atoms with E-state index in [-0.39, 0.29) is 11.8 Å². The minimum atomic E-state index is -0.239. The van der Waals surface area contributed by atoms with Gasteiger partial charge >= 0.3 is 0 Å². The number of aromatic nitrogens is 2. The quantitative estimate of drug-likeness (QED) is 0.557. The third kappa shape index (κ3) is 3.09. The van der Waals surface area contributed by atoms with Gasteiger partial charge in [0, 0.05) is 23.3 Å². The van der Waals surface area contributed by atoms with Crippen molar-refractivity contribution in [1.82, 2.24) is 9.97 Å². The Bertz CT molecular complexity index is 1050. The van der Waals surface area contributed by atoms with Crippen molar-refractivity contribution in [2.45, 2.75) is 13.0 Å². The number of fused-ring (bicyclic) bond motifs is 1.